The number of nitrogens with zero attached hydrogens (tertiary/aromatic N) is 4. The number of fused-ring (bicyclic) bond motifs is 10. The smallest absolute Gasteiger partial charge is 0.271 e. The Kier molecular flexibility index (Phi) is 5.36. The Morgan fingerprint density at radius 3 is 2.52 bits per heavy atom. The zero-order valence-electron chi connectivity index (χ0n) is 18.3. The van der Waals surface area contributed by atoms with Crippen molar-refractivity contribution in [3.8, 4) is 0 Å². The van der Waals surface area contributed by atoms with Gasteiger partial charge in [-0.2, -0.15) is 4.37 Å². The topological polar surface area (TPSA) is 51.7 Å². The van der Waals surface area contributed by atoms with E-state index >= 15 is 0 Å². The second-order valence-electron chi connectivity index (χ2n) is 9.90. The molecule has 6 fully saturated rings. The summed E-state index contributed by atoms with van der Waals surface area (Å²) >= 11 is 1.47. The Morgan fingerprint density at radius 1 is 0.968 bits per heavy atom. The normalized spacial score (nSPS) is 33.2. The van der Waals surface area contributed by atoms with Crippen molar-refractivity contribution < 1.29 is 4.79 Å². The predicted octanol–water partition coefficient (Wildman–Crippen LogP) is 3.18. The molecular weight excluding hydrogens is 406 g/mol. The van der Waals surface area contributed by atoms with Crippen LogP contribution in [0.5, 0.6) is 0 Å². The van der Waals surface area contributed by atoms with Gasteiger partial charge in [0, 0.05) is 42.8 Å². The van der Waals surface area contributed by atoms with Gasteiger partial charge in [0.05, 0.1) is 4.70 Å². The highest BCUT2D eigenvalue weighted by atomic mass is 32.1. The number of nitrogens with one attached hydrogen (secondary N) is 1. The van der Waals surface area contributed by atoms with Crippen molar-refractivity contribution in [2.45, 2.75) is 50.6 Å². The molecule has 0 radical (unpaired) electrons. The van der Waals surface area contributed by atoms with E-state index in [1.807, 2.05) is 0 Å². The van der Waals surface area contributed by atoms with Crippen LogP contribution >= 0.6 is 11.5 Å². The molecule has 1 aromatic heterocycles. The zero-order chi connectivity index (χ0) is 20.8. The van der Waals surface area contributed by atoms with Gasteiger partial charge < -0.3 is 20.0 Å². The summed E-state index contributed by atoms with van der Waals surface area (Å²) in [7, 11) is 0. The molecule has 2 aromatic rings. The Balaban J connectivity index is 1.22. The maximum absolute atomic E-state index is 13.1. The lowest BCUT2D eigenvalue weighted by atomic mass is 9.84. The fourth-order valence-corrected chi connectivity index (χ4v) is 7.11. The SMILES string of the molecule is O=C(N[C@@H]1CN2CCC1CC2)c1nsc2cc(N3CCN4CCCC3CCC4)ccc12. The highest BCUT2D eigenvalue weighted by molar-refractivity contribution is 7.13. The Morgan fingerprint density at radius 2 is 1.77 bits per heavy atom. The van der Waals surface area contributed by atoms with Crippen LogP contribution in [0.2, 0.25) is 0 Å². The maximum Gasteiger partial charge on any atom is 0.271 e. The van der Waals surface area contributed by atoms with E-state index in [1.54, 1.807) is 0 Å². The quantitative estimate of drug-likeness (QED) is 0.796. The molecule has 0 spiro atoms. The summed E-state index contributed by atoms with van der Waals surface area (Å²) in [6.07, 6.45) is 7.58. The zero-order valence-corrected chi connectivity index (χ0v) is 19.1. The van der Waals surface area contributed by atoms with Gasteiger partial charge in [-0.3, -0.25) is 4.79 Å². The van der Waals surface area contributed by atoms with Gasteiger partial charge in [0.1, 0.15) is 5.69 Å². The number of hydrogen-bond acceptors (Lipinski definition) is 6. The summed E-state index contributed by atoms with van der Waals surface area (Å²) in [5.74, 6) is 0.638. The van der Waals surface area contributed by atoms with E-state index in [-0.39, 0.29) is 11.9 Å². The van der Waals surface area contributed by atoms with E-state index in [1.165, 1.54) is 81.9 Å². The summed E-state index contributed by atoms with van der Waals surface area (Å²) in [4.78, 5) is 20.8. The summed E-state index contributed by atoms with van der Waals surface area (Å²) in [5.41, 5.74) is 1.91. The van der Waals surface area contributed by atoms with Crippen LogP contribution in [0.1, 0.15) is 49.0 Å². The van der Waals surface area contributed by atoms with Crippen LogP contribution < -0.4 is 10.2 Å². The Bertz CT molecular complexity index is 943. The number of aromatic nitrogens is 1. The third-order valence-electron chi connectivity index (χ3n) is 8.10. The monoisotopic (exact) mass is 439 g/mol. The van der Waals surface area contributed by atoms with Crippen molar-refractivity contribution in [1.29, 1.82) is 0 Å². The van der Waals surface area contributed by atoms with E-state index in [9.17, 15) is 4.79 Å². The molecule has 1 atom stereocenters. The lowest BCUT2D eigenvalue weighted by Gasteiger charge is -2.44. The molecule has 6 aliphatic rings. The summed E-state index contributed by atoms with van der Waals surface area (Å²) < 4.78 is 5.73. The molecule has 7 heteroatoms. The van der Waals surface area contributed by atoms with Gasteiger partial charge in [-0.1, -0.05) is 0 Å². The molecule has 4 bridgehead atoms. The first-order valence-corrected chi connectivity index (χ1v) is 12.9. The molecule has 6 saturated heterocycles. The first-order chi connectivity index (χ1) is 15.2. The number of piperidine rings is 3. The minimum atomic E-state index is 0.00642. The highest BCUT2D eigenvalue weighted by Crippen LogP contribution is 2.32. The third-order valence-corrected chi connectivity index (χ3v) is 8.90. The molecule has 0 unspecified atom stereocenters. The van der Waals surface area contributed by atoms with Gasteiger partial charge in [-0.15, -0.1) is 0 Å². The largest absolute Gasteiger partial charge is 0.367 e. The molecule has 6 nitrogen and oxygen atoms in total. The number of rotatable bonds is 3. The second kappa shape index (κ2) is 8.34. The molecule has 1 amide bonds. The average Bonchev–Trinajstić information content (AvgIpc) is 3.17. The summed E-state index contributed by atoms with van der Waals surface area (Å²) in [5, 5.41) is 4.32. The average molecular weight is 440 g/mol. The lowest BCUT2D eigenvalue weighted by molar-refractivity contribution is 0.0619. The van der Waals surface area contributed by atoms with E-state index in [0.717, 1.165) is 29.7 Å². The maximum atomic E-state index is 13.1. The molecule has 0 saturated carbocycles. The van der Waals surface area contributed by atoms with Crippen molar-refractivity contribution in [1.82, 2.24) is 19.5 Å². The van der Waals surface area contributed by atoms with Gasteiger partial charge in [0.2, 0.25) is 0 Å². The van der Waals surface area contributed by atoms with Crippen LogP contribution in [0.25, 0.3) is 10.1 Å². The Hall–Kier alpha value is -1.70. The summed E-state index contributed by atoms with van der Waals surface area (Å²) in [6.45, 7) is 8.15. The van der Waals surface area contributed by atoms with Crippen molar-refractivity contribution in [2.24, 2.45) is 5.92 Å². The second-order valence-corrected chi connectivity index (χ2v) is 10.7. The molecule has 1 N–H and O–H groups in total. The van der Waals surface area contributed by atoms with Crippen molar-refractivity contribution >= 4 is 33.2 Å². The van der Waals surface area contributed by atoms with Crippen molar-refractivity contribution in [2.75, 3.05) is 50.7 Å². The molecule has 7 heterocycles. The van der Waals surface area contributed by atoms with Gasteiger partial charge in [-0.05, 0) is 100 Å². The number of carbonyl (C=O) groups is 1. The van der Waals surface area contributed by atoms with Crippen LogP contribution in [0.15, 0.2) is 18.2 Å². The molecular formula is C24H33N5OS. The van der Waals surface area contributed by atoms with Crippen LogP contribution in [0.3, 0.4) is 0 Å². The number of anilines is 1. The van der Waals surface area contributed by atoms with Gasteiger partial charge in [-0.25, -0.2) is 0 Å². The standard InChI is InChI=1S/C24H33N5OS/c30-24(25-21-16-28-11-7-17(21)8-12-28)23-20-6-5-19(15-22(20)31-26-23)29-14-13-27-9-1-3-18(29)4-2-10-27/h5-6,15,17-18,21H,1-4,7-14,16H2,(H,25,30)/t21-/m1/s1. The van der Waals surface area contributed by atoms with E-state index < -0.39 is 0 Å². The van der Waals surface area contributed by atoms with E-state index in [0.29, 0.717) is 17.7 Å². The van der Waals surface area contributed by atoms with Gasteiger partial charge in [0.25, 0.3) is 5.91 Å². The minimum Gasteiger partial charge on any atom is -0.367 e. The first-order valence-electron chi connectivity index (χ1n) is 12.2. The van der Waals surface area contributed by atoms with E-state index in [2.05, 4.69) is 42.6 Å². The lowest BCUT2D eigenvalue weighted by Crippen LogP contribution is -2.57. The van der Waals surface area contributed by atoms with Gasteiger partial charge in [0.15, 0.2) is 0 Å². The van der Waals surface area contributed by atoms with Crippen molar-refractivity contribution in [3.05, 3.63) is 23.9 Å². The molecule has 166 valence electrons. The molecule has 0 aliphatic carbocycles. The Labute approximate surface area is 188 Å². The van der Waals surface area contributed by atoms with Crippen LogP contribution in [-0.4, -0.2) is 78.0 Å². The predicted molar refractivity (Wildman–Crippen MR) is 126 cm³/mol. The fourth-order valence-electron chi connectivity index (χ4n) is 6.30. The van der Waals surface area contributed by atoms with Crippen LogP contribution in [0, 0.1) is 5.92 Å². The fraction of sp³-hybridized carbons (Fsp3) is 0.667. The molecule has 6 aliphatic heterocycles. The number of carbonyl (C=O) groups excluding carboxylic acids is 1. The number of amides is 1. The summed E-state index contributed by atoms with van der Waals surface area (Å²) in [6, 6.07) is 7.56. The number of benzene rings is 1. The molecule has 31 heavy (non-hydrogen) atoms. The first kappa shape index (κ1) is 19.9. The van der Waals surface area contributed by atoms with Gasteiger partial charge >= 0.3 is 0 Å². The third kappa shape index (κ3) is 3.85. The number of hydrogen-bond donors (Lipinski definition) is 1. The molecule has 1 aromatic carbocycles. The van der Waals surface area contributed by atoms with Crippen molar-refractivity contribution in [3.63, 3.8) is 0 Å². The highest BCUT2D eigenvalue weighted by Gasteiger charge is 2.35. The van der Waals surface area contributed by atoms with Crippen LogP contribution in [-0.2, 0) is 0 Å². The molecule has 8 rings (SSSR count). The van der Waals surface area contributed by atoms with E-state index in [4.69, 9.17) is 0 Å². The van der Waals surface area contributed by atoms with Crippen LogP contribution in [0.4, 0.5) is 5.69 Å². The minimum absolute atomic E-state index is 0.00642.